The van der Waals surface area contributed by atoms with Crippen molar-refractivity contribution in [2.24, 2.45) is 5.92 Å². The van der Waals surface area contributed by atoms with Crippen molar-refractivity contribution in [3.05, 3.63) is 48.3 Å². The number of aliphatic hydroxyl groups excluding tert-OH is 3. The summed E-state index contributed by atoms with van der Waals surface area (Å²) in [6, 6.07) is 9.53. The molecule has 5 atom stereocenters. The van der Waals surface area contributed by atoms with Crippen molar-refractivity contribution in [2.45, 2.75) is 42.9 Å². The second-order valence-corrected chi connectivity index (χ2v) is 7.32. The van der Waals surface area contributed by atoms with Gasteiger partial charge >= 0.3 is 0 Å². The molecule has 2 aliphatic rings. The zero-order chi connectivity index (χ0) is 20.4. The topological polar surface area (TPSA) is 108 Å². The lowest BCUT2D eigenvalue weighted by molar-refractivity contribution is -0.239. The largest absolute Gasteiger partial charge is 0.394 e. The van der Waals surface area contributed by atoms with Crippen molar-refractivity contribution in [3.8, 4) is 29.4 Å². The van der Waals surface area contributed by atoms with Crippen LogP contribution in [0.15, 0.2) is 42.7 Å². The normalized spacial score (nSPS) is 31.3. The maximum Gasteiger partial charge on any atom is 0.191 e. The average molecular weight is 394 g/mol. The predicted octanol–water partition coefficient (Wildman–Crippen LogP) is -0.150. The number of nitrogens with zero attached hydrogens (tertiary/aromatic N) is 2. The second-order valence-electron chi connectivity index (χ2n) is 7.32. The highest BCUT2D eigenvalue weighted by atomic mass is 16.5. The van der Waals surface area contributed by atoms with Gasteiger partial charge in [0.2, 0.25) is 0 Å². The molecule has 7 heteroatoms. The lowest BCUT2D eigenvalue weighted by Crippen LogP contribution is -2.65. The number of hydrogen-bond acceptors (Lipinski definition) is 6. The Morgan fingerprint density at radius 1 is 1.17 bits per heavy atom. The molecule has 0 bridgehead atoms. The molecular formula is C22H22N2O5. The molecule has 1 aliphatic carbocycles. The minimum absolute atomic E-state index is 0.177. The minimum Gasteiger partial charge on any atom is -0.394 e. The van der Waals surface area contributed by atoms with Crippen LogP contribution in [0.5, 0.6) is 0 Å². The molecule has 1 aromatic heterocycles. The first kappa shape index (κ1) is 19.7. The van der Waals surface area contributed by atoms with E-state index in [4.69, 9.17) is 4.74 Å². The summed E-state index contributed by atoms with van der Waals surface area (Å²) in [6.07, 6.45) is -0.179. The number of aromatic nitrogens is 2. The van der Waals surface area contributed by atoms with Crippen LogP contribution in [-0.4, -0.2) is 66.8 Å². The molecule has 1 saturated carbocycles. The van der Waals surface area contributed by atoms with Crippen LogP contribution in [0.2, 0.25) is 0 Å². The quantitative estimate of drug-likeness (QED) is 0.528. The van der Waals surface area contributed by atoms with E-state index in [1.165, 1.54) is 0 Å². The molecule has 0 amide bonds. The zero-order valence-corrected chi connectivity index (χ0v) is 15.6. The van der Waals surface area contributed by atoms with Gasteiger partial charge in [0.05, 0.1) is 24.1 Å². The Kier molecular flexibility index (Phi) is 5.42. The monoisotopic (exact) mass is 394 g/mol. The summed E-state index contributed by atoms with van der Waals surface area (Å²) in [5.41, 5.74) is -0.605. The van der Waals surface area contributed by atoms with Crippen molar-refractivity contribution in [1.29, 1.82) is 0 Å². The lowest BCUT2D eigenvalue weighted by Gasteiger charge is -2.43. The predicted molar refractivity (Wildman–Crippen MR) is 104 cm³/mol. The highest BCUT2D eigenvalue weighted by Crippen LogP contribution is 2.32. The summed E-state index contributed by atoms with van der Waals surface area (Å²) in [4.78, 5) is 0. The van der Waals surface area contributed by atoms with E-state index >= 15 is 0 Å². The van der Waals surface area contributed by atoms with Gasteiger partial charge in [0, 0.05) is 12.1 Å². The standard InChI is InChI=1S/C22H22N2O5/c25-14-18-20(26)21(27)22(28,11-10-15-6-7-15)19(29-18)9-8-16-12-23-24(13-16)17-4-2-1-3-5-17/h1-5,12-13,15,18-21,25-28H,6-7,14H2/t18-,19-,20-,21+,22-/m1/s1. The van der Waals surface area contributed by atoms with E-state index in [1.807, 2.05) is 30.3 Å². The highest BCUT2D eigenvalue weighted by molar-refractivity contribution is 5.39. The molecule has 7 nitrogen and oxygen atoms in total. The van der Waals surface area contributed by atoms with Crippen LogP contribution < -0.4 is 0 Å². The van der Waals surface area contributed by atoms with E-state index in [1.54, 1.807) is 17.1 Å². The van der Waals surface area contributed by atoms with Crippen molar-refractivity contribution in [2.75, 3.05) is 6.61 Å². The van der Waals surface area contributed by atoms with Gasteiger partial charge in [0.1, 0.15) is 18.3 Å². The molecule has 4 rings (SSSR count). The molecule has 1 saturated heterocycles. The molecule has 2 aromatic rings. The Morgan fingerprint density at radius 3 is 2.62 bits per heavy atom. The Labute approximate surface area is 168 Å². The van der Waals surface area contributed by atoms with Crippen LogP contribution in [-0.2, 0) is 4.74 Å². The van der Waals surface area contributed by atoms with Crippen LogP contribution >= 0.6 is 0 Å². The molecule has 29 heavy (non-hydrogen) atoms. The van der Waals surface area contributed by atoms with Gasteiger partial charge in [-0.15, -0.1) is 0 Å². The van der Waals surface area contributed by atoms with Crippen molar-refractivity contribution < 1.29 is 25.2 Å². The Morgan fingerprint density at radius 2 is 1.93 bits per heavy atom. The first-order valence-electron chi connectivity index (χ1n) is 9.50. The molecule has 2 heterocycles. The molecule has 0 radical (unpaired) electrons. The Balaban J connectivity index is 1.62. The van der Waals surface area contributed by atoms with E-state index in [-0.39, 0.29) is 5.92 Å². The van der Waals surface area contributed by atoms with Gasteiger partial charge in [-0.25, -0.2) is 4.68 Å². The van der Waals surface area contributed by atoms with E-state index < -0.39 is 36.6 Å². The third-order valence-corrected chi connectivity index (χ3v) is 5.05. The van der Waals surface area contributed by atoms with Crippen molar-refractivity contribution >= 4 is 0 Å². The SMILES string of the molecule is OC[C@H]1O[C@H](C#Cc2cnn(-c3ccccc3)c2)[C@](O)(C#CC2CC2)[C@@H](O)[C@@H]1O. The minimum atomic E-state index is -2.06. The van der Waals surface area contributed by atoms with Crippen LogP contribution in [0.4, 0.5) is 0 Å². The van der Waals surface area contributed by atoms with Gasteiger partial charge in [0.25, 0.3) is 0 Å². The summed E-state index contributed by atoms with van der Waals surface area (Å²) in [7, 11) is 0. The van der Waals surface area contributed by atoms with E-state index in [0.29, 0.717) is 5.56 Å². The number of hydrogen-bond donors (Lipinski definition) is 4. The molecule has 0 unspecified atom stereocenters. The summed E-state index contributed by atoms with van der Waals surface area (Å²) in [5.74, 6) is 11.4. The highest BCUT2D eigenvalue weighted by Gasteiger charge is 2.53. The summed E-state index contributed by atoms with van der Waals surface area (Å²) >= 11 is 0. The third-order valence-electron chi connectivity index (χ3n) is 5.05. The molecule has 2 fully saturated rings. The second kappa shape index (κ2) is 8.00. The van der Waals surface area contributed by atoms with E-state index in [0.717, 1.165) is 18.5 Å². The number of para-hydroxylation sites is 1. The number of ether oxygens (including phenoxy) is 1. The van der Waals surface area contributed by atoms with Gasteiger partial charge in [-0.2, -0.15) is 5.10 Å². The van der Waals surface area contributed by atoms with Gasteiger partial charge in [-0.1, -0.05) is 41.9 Å². The van der Waals surface area contributed by atoms with Crippen LogP contribution in [0.3, 0.4) is 0 Å². The fourth-order valence-corrected chi connectivity index (χ4v) is 3.12. The number of rotatable bonds is 2. The first-order valence-corrected chi connectivity index (χ1v) is 9.50. The zero-order valence-electron chi connectivity index (χ0n) is 15.6. The van der Waals surface area contributed by atoms with E-state index in [9.17, 15) is 20.4 Å². The molecule has 1 aromatic carbocycles. The maximum atomic E-state index is 11.0. The van der Waals surface area contributed by atoms with E-state index in [2.05, 4.69) is 28.8 Å². The summed E-state index contributed by atoms with van der Waals surface area (Å²) in [6.45, 7) is -0.519. The summed E-state index contributed by atoms with van der Waals surface area (Å²) in [5, 5.41) is 45.3. The molecule has 0 spiro atoms. The van der Waals surface area contributed by atoms with Gasteiger partial charge in [-0.05, 0) is 25.0 Å². The first-order chi connectivity index (χ1) is 14.0. The van der Waals surface area contributed by atoms with Gasteiger partial charge in [-0.3, -0.25) is 0 Å². The Hall–Kier alpha value is -2.65. The molecule has 1 aliphatic heterocycles. The molecular weight excluding hydrogens is 372 g/mol. The molecule has 150 valence electrons. The molecule has 4 N–H and O–H groups in total. The smallest absolute Gasteiger partial charge is 0.191 e. The van der Waals surface area contributed by atoms with Gasteiger partial charge in [0.15, 0.2) is 11.7 Å². The average Bonchev–Trinajstić information content (AvgIpc) is 3.46. The summed E-state index contributed by atoms with van der Waals surface area (Å²) < 4.78 is 7.25. The third kappa shape index (κ3) is 4.06. The van der Waals surface area contributed by atoms with Crippen LogP contribution in [0, 0.1) is 29.6 Å². The fourth-order valence-electron chi connectivity index (χ4n) is 3.12. The van der Waals surface area contributed by atoms with Crippen molar-refractivity contribution in [3.63, 3.8) is 0 Å². The number of benzene rings is 1. The van der Waals surface area contributed by atoms with Gasteiger partial charge < -0.3 is 25.2 Å². The number of aliphatic hydroxyl groups is 4. The Bertz CT molecular complexity index is 979. The van der Waals surface area contributed by atoms with Crippen LogP contribution in [0.25, 0.3) is 5.69 Å². The van der Waals surface area contributed by atoms with Crippen LogP contribution in [0.1, 0.15) is 18.4 Å². The van der Waals surface area contributed by atoms with Crippen molar-refractivity contribution in [1.82, 2.24) is 9.78 Å². The lowest BCUT2D eigenvalue weighted by atomic mass is 9.82. The fraction of sp³-hybridized carbons (Fsp3) is 0.409. The maximum absolute atomic E-state index is 11.0.